The number of amides is 2. The Morgan fingerprint density at radius 3 is 2.33 bits per heavy atom. The molecule has 14 heteroatoms. The van der Waals surface area contributed by atoms with Crippen LogP contribution in [0, 0.1) is 0 Å². The van der Waals surface area contributed by atoms with E-state index in [-0.39, 0.29) is 11.4 Å². The van der Waals surface area contributed by atoms with Crippen LogP contribution in [-0.2, 0) is 26.1 Å². The van der Waals surface area contributed by atoms with Crippen LogP contribution in [0.5, 0.6) is 0 Å². The Bertz CT molecular complexity index is 1500. The summed E-state index contributed by atoms with van der Waals surface area (Å²) >= 11 is 2.76. The first-order chi connectivity index (χ1) is 20.1. The first-order valence-corrected chi connectivity index (χ1v) is 15.1. The summed E-state index contributed by atoms with van der Waals surface area (Å²) in [7, 11) is 1.72. The van der Waals surface area contributed by atoms with E-state index in [0.717, 1.165) is 11.1 Å². The number of hydrogen-bond donors (Lipinski definition) is 1. The molecule has 218 valence electrons. The first kappa shape index (κ1) is 29.3. The van der Waals surface area contributed by atoms with E-state index in [0.29, 0.717) is 22.2 Å². The Balaban J connectivity index is 1.44. The van der Waals surface area contributed by atoms with Crippen molar-refractivity contribution in [1.82, 2.24) is 30.5 Å². The van der Waals surface area contributed by atoms with Crippen LogP contribution < -0.4 is 5.43 Å². The molecule has 2 aliphatic heterocycles. The fraction of sp³-hybridized carbons (Fsp3) is 0.321. The molecule has 1 fully saturated rings. The molecule has 1 atom stereocenters. The number of aromatic nitrogens is 4. The SMILES string of the molecule is Cn1nnnc1SCC1=C(C(=O)OC(c2ccccc2)c2ccccc2)N2C(=O)/C(=N/NC(=O)OC(C)(C)C)[C@H]2SC1. The second-order valence-corrected chi connectivity index (χ2v) is 12.4. The summed E-state index contributed by atoms with van der Waals surface area (Å²) in [6.07, 6.45) is -1.48. The lowest BCUT2D eigenvalue weighted by atomic mass is 10.0. The number of carbonyl (C=O) groups is 3. The van der Waals surface area contributed by atoms with Gasteiger partial charge >= 0.3 is 12.1 Å². The number of nitrogens with zero attached hydrogens (tertiary/aromatic N) is 6. The molecule has 0 bridgehead atoms. The maximum atomic E-state index is 14.0. The molecule has 2 amide bonds. The van der Waals surface area contributed by atoms with E-state index >= 15 is 0 Å². The van der Waals surface area contributed by atoms with E-state index in [2.05, 4.69) is 26.1 Å². The summed E-state index contributed by atoms with van der Waals surface area (Å²) in [4.78, 5) is 40.9. The Kier molecular flexibility index (Phi) is 8.64. The Labute approximate surface area is 250 Å². The van der Waals surface area contributed by atoms with Crippen molar-refractivity contribution in [1.29, 1.82) is 0 Å². The zero-order valence-corrected chi connectivity index (χ0v) is 25.0. The molecule has 1 N–H and O–H groups in total. The summed E-state index contributed by atoms with van der Waals surface area (Å²) in [5.41, 5.74) is 4.11. The maximum Gasteiger partial charge on any atom is 0.428 e. The van der Waals surface area contributed by atoms with E-state index in [1.807, 2.05) is 60.7 Å². The summed E-state index contributed by atoms with van der Waals surface area (Å²) in [6.45, 7) is 5.18. The number of aryl methyl sites for hydroxylation is 1. The predicted molar refractivity (Wildman–Crippen MR) is 157 cm³/mol. The normalized spacial score (nSPS) is 17.6. The number of hydrazone groups is 1. The van der Waals surface area contributed by atoms with Gasteiger partial charge < -0.3 is 9.47 Å². The van der Waals surface area contributed by atoms with Crippen LogP contribution in [0.2, 0.25) is 0 Å². The zero-order valence-electron chi connectivity index (χ0n) is 23.4. The number of hydrogen-bond acceptors (Lipinski definition) is 11. The smallest absolute Gasteiger partial charge is 0.428 e. The highest BCUT2D eigenvalue weighted by atomic mass is 32.2. The van der Waals surface area contributed by atoms with Crippen molar-refractivity contribution in [2.45, 2.75) is 43.0 Å². The van der Waals surface area contributed by atoms with Crippen LogP contribution in [0.25, 0.3) is 0 Å². The fourth-order valence-electron chi connectivity index (χ4n) is 4.29. The topological polar surface area (TPSA) is 141 Å². The van der Waals surface area contributed by atoms with Gasteiger partial charge in [-0.25, -0.2) is 19.7 Å². The van der Waals surface area contributed by atoms with Crippen molar-refractivity contribution in [2.24, 2.45) is 12.1 Å². The minimum absolute atomic E-state index is 0.114. The first-order valence-electron chi connectivity index (χ1n) is 13.0. The Hall–Kier alpha value is -4.17. The monoisotopic (exact) mass is 607 g/mol. The largest absolute Gasteiger partial charge is 0.448 e. The van der Waals surface area contributed by atoms with E-state index in [1.165, 1.54) is 33.1 Å². The van der Waals surface area contributed by atoms with Crippen LogP contribution in [0.15, 0.2) is 82.2 Å². The van der Waals surface area contributed by atoms with Gasteiger partial charge in [-0.2, -0.15) is 5.10 Å². The lowest BCUT2D eigenvalue weighted by Gasteiger charge is -2.44. The minimum atomic E-state index is -0.778. The molecule has 2 aliphatic rings. The molecule has 42 heavy (non-hydrogen) atoms. The average Bonchev–Trinajstić information content (AvgIpc) is 3.38. The zero-order chi connectivity index (χ0) is 29.9. The second kappa shape index (κ2) is 12.4. The van der Waals surface area contributed by atoms with Gasteiger partial charge in [-0.05, 0) is 47.9 Å². The van der Waals surface area contributed by atoms with Crippen LogP contribution in [0.1, 0.15) is 38.0 Å². The number of nitrogens with one attached hydrogen (secondary N) is 1. The molecule has 3 aromatic rings. The molecular formula is C28H29N7O5S2. The molecule has 2 aromatic carbocycles. The van der Waals surface area contributed by atoms with Crippen molar-refractivity contribution >= 4 is 47.2 Å². The lowest BCUT2D eigenvalue weighted by molar-refractivity contribution is -0.147. The maximum absolute atomic E-state index is 14.0. The van der Waals surface area contributed by atoms with E-state index in [1.54, 1.807) is 27.8 Å². The number of tetrazole rings is 1. The minimum Gasteiger partial charge on any atom is -0.448 e. The summed E-state index contributed by atoms with van der Waals surface area (Å²) < 4.78 is 12.9. The van der Waals surface area contributed by atoms with Gasteiger partial charge in [0.05, 0.1) is 0 Å². The van der Waals surface area contributed by atoms with Crippen molar-refractivity contribution in [2.75, 3.05) is 11.5 Å². The van der Waals surface area contributed by atoms with E-state index in [9.17, 15) is 14.4 Å². The molecule has 12 nitrogen and oxygen atoms in total. The van der Waals surface area contributed by atoms with Gasteiger partial charge in [-0.3, -0.25) is 9.69 Å². The number of benzene rings is 2. The van der Waals surface area contributed by atoms with Gasteiger partial charge in [0.1, 0.15) is 16.7 Å². The molecule has 0 saturated carbocycles. The van der Waals surface area contributed by atoms with Gasteiger partial charge in [0.25, 0.3) is 5.91 Å². The molecule has 5 rings (SSSR count). The van der Waals surface area contributed by atoms with Crippen LogP contribution in [0.3, 0.4) is 0 Å². The molecule has 0 spiro atoms. The van der Waals surface area contributed by atoms with Gasteiger partial charge in [-0.1, -0.05) is 72.4 Å². The van der Waals surface area contributed by atoms with E-state index < -0.39 is 35.0 Å². The van der Waals surface area contributed by atoms with Crippen molar-refractivity contribution in [3.8, 4) is 0 Å². The van der Waals surface area contributed by atoms with Crippen LogP contribution >= 0.6 is 23.5 Å². The van der Waals surface area contributed by atoms with Crippen LogP contribution in [0.4, 0.5) is 4.79 Å². The third kappa shape index (κ3) is 6.49. The number of fused-ring (bicyclic) bond motifs is 1. The quantitative estimate of drug-likeness (QED) is 0.174. The molecule has 0 radical (unpaired) electrons. The van der Waals surface area contributed by atoms with Gasteiger partial charge in [0.15, 0.2) is 11.8 Å². The van der Waals surface area contributed by atoms with Crippen molar-refractivity contribution in [3.63, 3.8) is 0 Å². The summed E-state index contributed by atoms with van der Waals surface area (Å²) in [6, 6.07) is 18.8. The Morgan fingerprint density at radius 1 is 1.12 bits per heavy atom. The fourth-order valence-corrected chi connectivity index (χ4v) is 6.54. The molecule has 3 heterocycles. The Morgan fingerprint density at radius 2 is 1.76 bits per heavy atom. The van der Waals surface area contributed by atoms with Crippen molar-refractivity contribution in [3.05, 3.63) is 83.1 Å². The molecular weight excluding hydrogens is 578 g/mol. The third-order valence-electron chi connectivity index (χ3n) is 6.14. The van der Waals surface area contributed by atoms with Gasteiger partial charge in [0, 0.05) is 18.6 Å². The molecule has 0 unspecified atom stereocenters. The molecule has 1 aromatic heterocycles. The van der Waals surface area contributed by atoms with Gasteiger partial charge in [-0.15, -0.1) is 16.9 Å². The number of esters is 1. The number of thioether (sulfide) groups is 2. The second-order valence-electron chi connectivity index (χ2n) is 10.4. The highest BCUT2D eigenvalue weighted by molar-refractivity contribution is 8.01. The summed E-state index contributed by atoms with van der Waals surface area (Å²) in [5.74, 6) is -0.373. The van der Waals surface area contributed by atoms with E-state index in [4.69, 9.17) is 9.47 Å². The number of carbonyl (C=O) groups excluding carboxylic acids is 3. The standard InChI is InChI=1S/C28H29N7O5S2/c1-28(2,3)40-27(38)31-29-20-23(36)35-21(19(15-41-24(20)35)16-42-26-30-32-33-34(26)4)25(37)39-22(17-11-7-5-8-12-17)18-13-9-6-10-14-18/h5-14,22,24H,15-16H2,1-4H3,(H,31,38)/b29-20-/t24-/m1/s1. The number of rotatable bonds is 8. The van der Waals surface area contributed by atoms with Crippen LogP contribution in [-0.4, -0.2) is 71.3 Å². The predicted octanol–water partition coefficient (Wildman–Crippen LogP) is 3.68. The molecule has 0 aliphatic carbocycles. The van der Waals surface area contributed by atoms with Gasteiger partial charge in [0.2, 0.25) is 5.16 Å². The highest BCUT2D eigenvalue weighted by Gasteiger charge is 2.52. The number of ether oxygens (including phenoxy) is 2. The third-order valence-corrected chi connectivity index (χ3v) is 8.51. The highest BCUT2D eigenvalue weighted by Crippen LogP contribution is 2.41. The van der Waals surface area contributed by atoms with Crippen molar-refractivity contribution < 1.29 is 23.9 Å². The summed E-state index contributed by atoms with van der Waals surface area (Å²) in [5, 5.41) is 15.5. The average molecular weight is 608 g/mol. The number of β-lactam (4-membered cyclic amide) rings is 1. The lowest BCUT2D eigenvalue weighted by Crippen LogP contribution is -2.63. The molecule has 1 saturated heterocycles.